The Morgan fingerprint density at radius 2 is 1.71 bits per heavy atom. The number of aliphatic hydroxyl groups is 1. The van der Waals surface area contributed by atoms with Crippen LogP contribution < -0.4 is 14.4 Å². The van der Waals surface area contributed by atoms with Crippen molar-refractivity contribution in [2.75, 3.05) is 19.1 Å². The molecular weight excluding hydrogens is 617 g/mol. The molecule has 1 aliphatic heterocycles. The Hall–Kier alpha value is -5.27. The quantitative estimate of drug-likeness (QED) is 0.0359. The zero-order valence-corrected chi connectivity index (χ0v) is 25.5. The summed E-state index contributed by atoms with van der Waals surface area (Å²) in [4.78, 5) is 39.1. The molecule has 6 rings (SSSR count). The number of carbonyl (C=O) groups excluding carboxylic acids is 2. The van der Waals surface area contributed by atoms with Crippen molar-refractivity contribution in [3.8, 4) is 11.5 Å². The minimum absolute atomic E-state index is 0.146. The first-order valence-electron chi connectivity index (χ1n) is 13.5. The molecule has 1 unspecified atom stereocenters. The number of thioether (sulfide) groups is 1. The number of methoxy groups -OCH3 is 2. The van der Waals surface area contributed by atoms with E-state index in [1.165, 1.54) is 67.3 Å². The number of anilines is 1. The van der Waals surface area contributed by atoms with Crippen molar-refractivity contribution in [1.29, 1.82) is 0 Å². The van der Waals surface area contributed by atoms with Gasteiger partial charge in [-0.05, 0) is 52.2 Å². The number of aliphatic hydroxyl groups excluding tert-OH is 1. The number of fused-ring (bicyclic) bond motifs is 1. The lowest BCUT2D eigenvalue weighted by atomic mass is 9.95. The van der Waals surface area contributed by atoms with E-state index < -0.39 is 28.4 Å². The number of nitrogens with zero attached hydrogens (tertiary/aromatic N) is 4. The number of ketones is 1. The lowest BCUT2D eigenvalue weighted by molar-refractivity contribution is -0.384. The molecule has 1 amide bonds. The van der Waals surface area contributed by atoms with Crippen molar-refractivity contribution < 1.29 is 29.1 Å². The van der Waals surface area contributed by atoms with Crippen LogP contribution in [0.2, 0.25) is 0 Å². The van der Waals surface area contributed by atoms with Gasteiger partial charge in [0.05, 0.1) is 30.8 Å². The molecule has 45 heavy (non-hydrogen) atoms. The van der Waals surface area contributed by atoms with E-state index in [1.807, 2.05) is 36.4 Å². The summed E-state index contributed by atoms with van der Waals surface area (Å²) in [7, 11) is 2.90. The van der Waals surface area contributed by atoms with Crippen LogP contribution in [-0.4, -0.2) is 46.1 Å². The predicted octanol–water partition coefficient (Wildman–Crippen LogP) is 6.54. The lowest BCUT2D eigenvalue weighted by Crippen LogP contribution is -2.29. The third-order valence-corrected chi connectivity index (χ3v) is 9.46. The Kier molecular flexibility index (Phi) is 8.20. The van der Waals surface area contributed by atoms with Gasteiger partial charge in [-0.3, -0.25) is 24.6 Å². The minimum atomic E-state index is -1.14. The third kappa shape index (κ3) is 5.58. The van der Waals surface area contributed by atoms with E-state index in [2.05, 4.69) is 16.3 Å². The second-order valence-electron chi connectivity index (χ2n) is 9.86. The SMILES string of the molecule is COc1ccc(/C(O)=C2/C(=O)C(=O)N(c3nnc(SCc4cccc5ccccc45)s3)C2c2ccc([N+](=O)[O-])cc2)cc1OC. The van der Waals surface area contributed by atoms with Crippen molar-refractivity contribution in [2.24, 2.45) is 0 Å². The van der Waals surface area contributed by atoms with Gasteiger partial charge in [-0.25, -0.2) is 0 Å². The van der Waals surface area contributed by atoms with E-state index in [0.717, 1.165) is 27.7 Å². The summed E-state index contributed by atoms with van der Waals surface area (Å²) in [5, 5.41) is 33.7. The van der Waals surface area contributed by atoms with E-state index in [4.69, 9.17) is 9.47 Å². The Labute approximate surface area is 264 Å². The molecule has 1 atom stereocenters. The largest absolute Gasteiger partial charge is 0.507 e. The highest BCUT2D eigenvalue weighted by Gasteiger charge is 2.48. The highest BCUT2D eigenvalue weighted by Crippen LogP contribution is 2.45. The molecule has 226 valence electrons. The van der Waals surface area contributed by atoms with Gasteiger partial charge in [0.2, 0.25) is 5.13 Å². The minimum Gasteiger partial charge on any atom is -0.507 e. The fraction of sp³-hybridized carbons (Fsp3) is 0.125. The number of Topliss-reactive ketones (excluding diaryl/α,β-unsaturated/α-hetero) is 1. The summed E-state index contributed by atoms with van der Waals surface area (Å²) in [6.07, 6.45) is 0. The Morgan fingerprint density at radius 1 is 0.978 bits per heavy atom. The predicted molar refractivity (Wildman–Crippen MR) is 171 cm³/mol. The normalized spacial score (nSPS) is 15.9. The number of benzene rings is 4. The first kappa shape index (κ1) is 29.8. The van der Waals surface area contributed by atoms with Crippen molar-refractivity contribution in [3.05, 3.63) is 117 Å². The molecule has 1 aliphatic rings. The summed E-state index contributed by atoms with van der Waals surface area (Å²) in [6.45, 7) is 0. The average Bonchev–Trinajstić information content (AvgIpc) is 3.64. The van der Waals surface area contributed by atoms with Crippen LogP contribution in [0, 0.1) is 10.1 Å². The van der Waals surface area contributed by atoms with Gasteiger partial charge in [0.1, 0.15) is 5.76 Å². The molecule has 0 spiro atoms. The monoisotopic (exact) mass is 640 g/mol. The van der Waals surface area contributed by atoms with E-state index in [9.17, 15) is 24.8 Å². The maximum atomic E-state index is 13.6. The number of ether oxygens (including phenoxy) is 2. The summed E-state index contributed by atoms with van der Waals surface area (Å²) in [6, 6.07) is 23.0. The number of non-ortho nitro benzene ring substituents is 1. The van der Waals surface area contributed by atoms with Gasteiger partial charge in [-0.1, -0.05) is 65.6 Å². The molecule has 4 aromatic carbocycles. The number of nitro benzene ring substituents is 1. The number of rotatable bonds is 9. The number of nitro groups is 1. The Morgan fingerprint density at radius 3 is 2.44 bits per heavy atom. The average molecular weight is 641 g/mol. The van der Waals surface area contributed by atoms with Crippen LogP contribution in [0.5, 0.6) is 11.5 Å². The van der Waals surface area contributed by atoms with Crippen LogP contribution in [-0.2, 0) is 15.3 Å². The van der Waals surface area contributed by atoms with Crippen molar-refractivity contribution in [3.63, 3.8) is 0 Å². The zero-order valence-electron chi connectivity index (χ0n) is 23.9. The highest BCUT2D eigenvalue weighted by molar-refractivity contribution is 8.00. The molecule has 0 saturated carbocycles. The molecule has 13 heteroatoms. The number of amides is 1. The Balaban J connectivity index is 1.39. The number of aromatic nitrogens is 2. The van der Waals surface area contributed by atoms with E-state index >= 15 is 0 Å². The van der Waals surface area contributed by atoms with Crippen molar-refractivity contribution >= 4 is 62.1 Å². The molecule has 0 radical (unpaired) electrons. The van der Waals surface area contributed by atoms with Gasteiger partial charge in [0.25, 0.3) is 11.5 Å². The van der Waals surface area contributed by atoms with Crippen LogP contribution >= 0.6 is 23.1 Å². The molecule has 11 nitrogen and oxygen atoms in total. The molecule has 5 aromatic rings. The summed E-state index contributed by atoms with van der Waals surface area (Å²) in [5.41, 5.74) is 1.30. The van der Waals surface area contributed by atoms with Crippen molar-refractivity contribution in [2.45, 2.75) is 16.1 Å². The fourth-order valence-corrected chi connectivity index (χ4v) is 7.05. The summed E-state index contributed by atoms with van der Waals surface area (Å²) >= 11 is 2.58. The van der Waals surface area contributed by atoms with Gasteiger partial charge in [0.15, 0.2) is 15.8 Å². The fourth-order valence-electron chi connectivity index (χ4n) is 5.18. The van der Waals surface area contributed by atoms with Gasteiger partial charge in [0, 0.05) is 23.4 Å². The number of hydrogen-bond acceptors (Lipinski definition) is 11. The maximum absolute atomic E-state index is 13.6. The van der Waals surface area contributed by atoms with E-state index in [-0.39, 0.29) is 22.0 Å². The molecule has 1 fully saturated rings. The summed E-state index contributed by atoms with van der Waals surface area (Å²) in [5.74, 6) is -0.994. The first-order valence-corrected chi connectivity index (χ1v) is 15.3. The smallest absolute Gasteiger partial charge is 0.301 e. The van der Waals surface area contributed by atoms with Crippen molar-refractivity contribution in [1.82, 2.24) is 10.2 Å². The van der Waals surface area contributed by atoms with E-state index in [1.54, 1.807) is 6.07 Å². The number of hydrogen-bond donors (Lipinski definition) is 1. The second kappa shape index (κ2) is 12.4. The highest BCUT2D eigenvalue weighted by atomic mass is 32.2. The van der Waals surface area contributed by atoms with Crippen LogP contribution in [0.4, 0.5) is 10.8 Å². The van der Waals surface area contributed by atoms with Crippen LogP contribution in [0.1, 0.15) is 22.7 Å². The number of carbonyl (C=O) groups is 2. The van der Waals surface area contributed by atoms with Crippen LogP contribution in [0.3, 0.4) is 0 Å². The zero-order chi connectivity index (χ0) is 31.7. The first-order chi connectivity index (χ1) is 21.8. The standard InChI is InChI=1S/C32H24N4O7S2/c1-42-24-15-12-20(16-25(24)43-2)28(37)26-27(19-10-13-22(14-11-19)36(40)41)35(30(39)29(26)38)31-33-34-32(45-31)44-17-21-8-5-7-18-6-3-4-9-23(18)21/h3-16,27,37H,17H2,1-2H3/b28-26-. The third-order valence-electron chi connectivity index (χ3n) is 7.35. The molecular formula is C32H24N4O7S2. The van der Waals surface area contributed by atoms with Gasteiger partial charge in [-0.2, -0.15) is 0 Å². The molecule has 1 aromatic heterocycles. The molecule has 1 N–H and O–H groups in total. The molecule has 2 heterocycles. The van der Waals surface area contributed by atoms with E-state index in [0.29, 0.717) is 27.2 Å². The van der Waals surface area contributed by atoms with Gasteiger partial charge >= 0.3 is 5.91 Å². The maximum Gasteiger partial charge on any atom is 0.301 e. The lowest BCUT2D eigenvalue weighted by Gasteiger charge is -2.22. The van der Waals surface area contributed by atoms with Crippen LogP contribution in [0.15, 0.2) is 94.8 Å². The molecule has 1 saturated heterocycles. The van der Waals surface area contributed by atoms with Gasteiger partial charge in [-0.15, -0.1) is 10.2 Å². The van der Waals surface area contributed by atoms with Crippen LogP contribution in [0.25, 0.3) is 16.5 Å². The molecule has 0 bridgehead atoms. The molecule has 0 aliphatic carbocycles. The van der Waals surface area contributed by atoms with Gasteiger partial charge < -0.3 is 14.6 Å². The second-order valence-corrected chi connectivity index (χ2v) is 12.0. The topological polar surface area (TPSA) is 145 Å². The summed E-state index contributed by atoms with van der Waals surface area (Å²) < 4.78 is 11.2. The Bertz CT molecular complexity index is 1990.